The van der Waals surface area contributed by atoms with Gasteiger partial charge < -0.3 is 0 Å². The highest BCUT2D eigenvalue weighted by atomic mass is 32.2. The van der Waals surface area contributed by atoms with E-state index < -0.39 is 10.1 Å². The highest BCUT2D eigenvalue weighted by molar-refractivity contribution is 7.86. The molecule has 0 bridgehead atoms. The molecule has 1 heterocycles. The number of nitrogens with zero attached hydrogens (tertiary/aromatic N) is 1. The second-order valence-electron chi connectivity index (χ2n) is 2.01. The van der Waals surface area contributed by atoms with Crippen molar-refractivity contribution in [2.24, 2.45) is 0 Å². The molecule has 1 aromatic heterocycles. The Labute approximate surface area is 65.1 Å². The van der Waals surface area contributed by atoms with Crippen LogP contribution in [0.2, 0.25) is 0 Å². The molecule has 11 heavy (non-hydrogen) atoms. The molecule has 0 N–H and O–H groups in total. The maximum atomic E-state index is 10.6. The van der Waals surface area contributed by atoms with E-state index in [1.807, 2.05) is 0 Å². The van der Waals surface area contributed by atoms with E-state index in [2.05, 4.69) is 4.28 Å². The van der Waals surface area contributed by atoms with Crippen molar-refractivity contribution in [2.45, 2.75) is 0 Å². The van der Waals surface area contributed by atoms with E-state index in [4.69, 9.17) is 0 Å². The fourth-order valence-electron chi connectivity index (χ4n) is 0.589. The highest BCUT2D eigenvalue weighted by Crippen LogP contribution is 1.77. The van der Waals surface area contributed by atoms with Gasteiger partial charge in [-0.1, -0.05) is 6.07 Å². The fraction of sp³-hybridized carbons (Fsp3) is 0.167. The minimum Gasteiger partial charge on any atom is -0.181 e. The minimum atomic E-state index is -3.41. The molecule has 60 valence electrons. The van der Waals surface area contributed by atoms with Crippen molar-refractivity contribution in [1.82, 2.24) is 0 Å². The van der Waals surface area contributed by atoms with Gasteiger partial charge in [-0.05, 0) is 0 Å². The zero-order chi connectivity index (χ0) is 8.32. The molecule has 0 spiro atoms. The van der Waals surface area contributed by atoms with Crippen LogP contribution in [0, 0.1) is 0 Å². The van der Waals surface area contributed by atoms with Gasteiger partial charge in [-0.25, -0.2) is 0 Å². The summed E-state index contributed by atoms with van der Waals surface area (Å²) in [5, 5.41) is 0. The predicted molar refractivity (Wildman–Crippen MR) is 38.1 cm³/mol. The molecule has 0 fully saturated rings. The number of hydrogen-bond acceptors (Lipinski definition) is 3. The maximum absolute atomic E-state index is 10.6. The van der Waals surface area contributed by atoms with E-state index in [9.17, 15) is 8.42 Å². The maximum Gasteiger partial charge on any atom is 0.364 e. The Morgan fingerprint density at radius 1 is 1.18 bits per heavy atom. The molecule has 0 saturated heterocycles. The summed E-state index contributed by atoms with van der Waals surface area (Å²) in [6, 6.07) is 5.11. The summed E-state index contributed by atoms with van der Waals surface area (Å²) < 4.78 is 26.7. The Morgan fingerprint density at radius 3 is 2.18 bits per heavy atom. The fourth-order valence-corrected chi connectivity index (χ4v) is 1.00. The molecule has 0 aromatic carbocycles. The summed E-state index contributed by atoms with van der Waals surface area (Å²) in [4.78, 5) is 0. The van der Waals surface area contributed by atoms with Crippen LogP contribution < -0.4 is 9.01 Å². The van der Waals surface area contributed by atoms with Crippen LogP contribution in [-0.2, 0) is 10.1 Å². The monoisotopic (exact) mass is 174 g/mol. The summed E-state index contributed by atoms with van der Waals surface area (Å²) in [7, 11) is -3.41. The van der Waals surface area contributed by atoms with Gasteiger partial charge in [0.15, 0.2) is 0 Å². The number of aromatic nitrogens is 1. The van der Waals surface area contributed by atoms with Crippen LogP contribution in [0.1, 0.15) is 0 Å². The SMILES string of the molecule is CS(=O)(=O)O[n+]1ccccc1. The van der Waals surface area contributed by atoms with E-state index >= 15 is 0 Å². The quantitative estimate of drug-likeness (QED) is 0.560. The van der Waals surface area contributed by atoms with Gasteiger partial charge in [-0.15, -0.1) is 4.28 Å². The summed E-state index contributed by atoms with van der Waals surface area (Å²) in [6.45, 7) is 0. The first-order valence-electron chi connectivity index (χ1n) is 2.94. The Bertz CT molecular complexity index is 319. The van der Waals surface area contributed by atoms with Gasteiger partial charge >= 0.3 is 10.1 Å². The van der Waals surface area contributed by atoms with Crippen molar-refractivity contribution in [3.05, 3.63) is 30.6 Å². The largest absolute Gasteiger partial charge is 0.364 e. The molecule has 0 aliphatic rings. The van der Waals surface area contributed by atoms with Gasteiger partial charge in [0.2, 0.25) is 12.4 Å². The lowest BCUT2D eigenvalue weighted by Crippen LogP contribution is -2.44. The first-order valence-corrected chi connectivity index (χ1v) is 4.76. The molecule has 0 aliphatic heterocycles. The van der Waals surface area contributed by atoms with E-state index in [0.29, 0.717) is 0 Å². The van der Waals surface area contributed by atoms with Gasteiger partial charge in [0, 0.05) is 16.9 Å². The van der Waals surface area contributed by atoms with E-state index in [1.54, 1.807) is 18.2 Å². The lowest BCUT2D eigenvalue weighted by atomic mass is 10.5. The van der Waals surface area contributed by atoms with E-state index in [1.165, 1.54) is 12.4 Å². The van der Waals surface area contributed by atoms with E-state index in [0.717, 1.165) is 11.0 Å². The number of hydrogen-bond donors (Lipinski definition) is 0. The topological polar surface area (TPSA) is 47.3 Å². The molecule has 0 unspecified atom stereocenters. The first-order chi connectivity index (χ1) is 5.08. The average Bonchev–Trinajstić information content (AvgIpc) is 1.85. The molecule has 1 rings (SSSR count). The van der Waals surface area contributed by atoms with Crippen LogP contribution in [-0.4, -0.2) is 14.7 Å². The normalized spacial score (nSPS) is 11.0. The Balaban J connectivity index is 2.82. The third-order valence-corrected chi connectivity index (χ3v) is 1.35. The molecular formula is C6H8NO3S+. The highest BCUT2D eigenvalue weighted by Gasteiger charge is 2.08. The zero-order valence-corrected chi connectivity index (χ0v) is 6.78. The molecule has 0 aliphatic carbocycles. The van der Waals surface area contributed by atoms with Crippen LogP contribution in [0.25, 0.3) is 0 Å². The lowest BCUT2D eigenvalue weighted by Gasteiger charge is -1.90. The smallest absolute Gasteiger partial charge is 0.181 e. The summed E-state index contributed by atoms with van der Waals surface area (Å²) in [5.41, 5.74) is 0. The third-order valence-electron chi connectivity index (χ3n) is 0.910. The zero-order valence-electron chi connectivity index (χ0n) is 5.97. The Morgan fingerprint density at radius 2 is 1.73 bits per heavy atom. The predicted octanol–water partition coefficient (Wildman–Crippen LogP) is -0.638. The summed E-state index contributed by atoms with van der Waals surface area (Å²) in [6.07, 6.45) is 4.00. The molecule has 4 nitrogen and oxygen atoms in total. The lowest BCUT2D eigenvalue weighted by molar-refractivity contribution is -0.856. The number of pyridine rings is 1. The Kier molecular flexibility index (Phi) is 2.09. The van der Waals surface area contributed by atoms with Crippen LogP contribution >= 0.6 is 0 Å². The van der Waals surface area contributed by atoms with Crippen molar-refractivity contribution < 1.29 is 17.4 Å². The van der Waals surface area contributed by atoms with Crippen LogP contribution in [0.5, 0.6) is 0 Å². The minimum absolute atomic E-state index is 0.993. The molecule has 5 heteroatoms. The van der Waals surface area contributed by atoms with Crippen molar-refractivity contribution in [3.8, 4) is 0 Å². The molecular weight excluding hydrogens is 166 g/mol. The summed E-state index contributed by atoms with van der Waals surface area (Å²) >= 11 is 0. The number of rotatable bonds is 2. The van der Waals surface area contributed by atoms with E-state index in [-0.39, 0.29) is 0 Å². The van der Waals surface area contributed by atoms with Crippen molar-refractivity contribution in [3.63, 3.8) is 0 Å². The van der Waals surface area contributed by atoms with Gasteiger partial charge in [0.1, 0.15) is 0 Å². The van der Waals surface area contributed by atoms with Gasteiger partial charge in [-0.2, -0.15) is 8.42 Å². The standard InChI is InChI=1S/C6H8NO3S/c1-11(8,9)10-7-5-3-2-4-6-7/h2-6H,1H3/q+1. The molecule has 0 radical (unpaired) electrons. The van der Waals surface area contributed by atoms with Gasteiger partial charge in [-0.3, -0.25) is 0 Å². The average molecular weight is 174 g/mol. The molecule has 0 atom stereocenters. The second kappa shape index (κ2) is 2.87. The third kappa shape index (κ3) is 2.99. The van der Waals surface area contributed by atoms with Crippen LogP contribution in [0.4, 0.5) is 0 Å². The van der Waals surface area contributed by atoms with Crippen LogP contribution in [0.15, 0.2) is 30.6 Å². The van der Waals surface area contributed by atoms with Crippen molar-refractivity contribution in [2.75, 3.05) is 6.26 Å². The van der Waals surface area contributed by atoms with Gasteiger partial charge in [0.25, 0.3) is 0 Å². The summed E-state index contributed by atoms with van der Waals surface area (Å²) in [5.74, 6) is 0. The van der Waals surface area contributed by atoms with Crippen molar-refractivity contribution in [1.29, 1.82) is 0 Å². The second-order valence-corrected chi connectivity index (χ2v) is 3.57. The molecule has 0 amide bonds. The van der Waals surface area contributed by atoms with Crippen molar-refractivity contribution >= 4 is 10.1 Å². The first kappa shape index (κ1) is 8.00. The molecule has 0 saturated carbocycles. The molecule has 1 aromatic rings. The van der Waals surface area contributed by atoms with Gasteiger partial charge in [0.05, 0.1) is 6.26 Å². The van der Waals surface area contributed by atoms with Crippen LogP contribution in [0.3, 0.4) is 0 Å². The Hall–Kier alpha value is -1.10.